The predicted octanol–water partition coefficient (Wildman–Crippen LogP) is -0.216. The van der Waals surface area contributed by atoms with Crippen LogP contribution in [0.25, 0.3) is 0 Å². The Balaban J connectivity index is 2.01. The van der Waals surface area contributed by atoms with Crippen LogP contribution in [0.4, 0.5) is 0 Å². The number of carboxylic acid groups (broad SMARTS) is 1. The van der Waals surface area contributed by atoms with Gasteiger partial charge in [0.1, 0.15) is 0 Å². The van der Waals surface area contributed by atoms with E-state index in [0.717, 1.165) is 17.1 Å². The number of carboxylic acids is 1. The van der Waals surface area contributed by atoms with Gasteiger partial charge in [-0.1, -0.05) is 6.42 Å². The van der Waals surface area contributed by atoms with Gasteiger partial charge in [-0.2, -0.15) is 0 Å². The molecule has 10 heteroatoms. The van der Waals surface area contributed by atoms with Crippen LogP contribution in [0.5, 0.6) is 0 Å². The molecule has 0 aromatic heterocycles. The molecule has 0 aromatic carbocycles. The maximum atomic E-state index is 12.4. The molecule has 0 amide bonds. The number of carbonyl (C=O) groups is 1. The summed E-state index contributed by atoms with van der Waals surface area (Å²) in [7, 11) is -4.25. The summed E-state index contributed by atoms with van der Waals surface area (Å²) in [5.74, 6) is -1.57. The lowest BCUT2D eigenvalue weighted by atomic mass is 9.81. The molecule has 0 bridgehead atoms. The van der Waals surface area contributed by atoms with Crippen molar-refractivity contribution in [3.63, 3.8) is 0 Å². The summed E-state index contributed by atoms with van der Waals surface area (Å²) in [5, 5.41) is 9.50. The monoisotopic (exact) mass is 368 g/mol. The molecule has 2 aliphatic rings. The fraction of sp³-hybridized carbons (Fsp3) is 0.923. The van der Waals surface area contributed by atoms with Crippen LogP contribution in [0.1, 0.15) is 25.7 Å². The molecule has 8 nitrogen and oxygen atoms in total. The third-order valence-electron chi connectivity index (χ3n) is 5.02. The summed E-state index contributed by atoms with van der Waals surface area (Å²) in [4.78, 5) is 11.6. The summed E-state index contributed by atoms with van der Waals surface area (Å²) in [6.07, 6.45) is 2.05. The molecule has 0 aromatic rings. The van der Waals surface area contributed by atoms with E-state index < -0.39 is 31.4 Å². The molecule has 1 N–H and O–H groups in total. The standard InChI is InChI=1S/C13H24N2O6S2/c1-14(2)22(18,19)7-4-8-23(20,21)15-9-11-5-3-6-13(11,10-15)12(16)17/h11H,3-10H2,1-2H3,(H,16,17)/t11-,13+/m0/s1. The van der Waals surface area contributed by atoms with Gasteiger partial charge in [-0.25, -0.2) is 25.4 Å². The zero-order valence-electron chi connectivity index (χ0n) is 13.4. The Morgan fingerprint density at radius 3 is 2.43 bits per heavy atom. The van der Waals surface area contributed by atoms with Gasteiger partial charge in [-0.15, -0.1) is 0 Å². The molecule has 1 aliphatic heterocycles. The molecule has 1 heterocycles. The summed E-state index contributed by atoms with van der Waals surface area (Å²) < 4.78 is 50.5. The van der Waals surface area contributed by atoms with Crippen LogP contribution in [-0.4, -0.2) is 75.2 Å². The van der Waals surface area contributed by atoms with E-state index in [0.29, 0.717) is 6.42 Å². The molecule has 134 valence electrons. The van der Waals surface area contributed by atoms with Gasteiger partial charge in [0.2, 0.25) is 20.0 Å². The average molecular weight is 368 g/mol. The Labute approximate surface area is 137 Å². The largest absolute Gasteiger partial charge is 0.481 e. The highest BCUT2D eigenvalue weighted by Gasteiger charge is 2.56. The zero-order valence-corrected chi connectivity index (χ0v) is 15.1. The number of rotatable bonds is 7. The minimum atomic E-state index is -3.63. The second kappa shape index (κ2) is 6.30. The molecule has 0 radical (unpaired) electrons. The predicted molar refractivity (Wildman–Crippen MR) is 84.9 cm³/mol. The Morgan fingerprint density at radius 1 is 1.26 bits per heavy atom. The van der Waals surface area contributed by atoms with E-state index >= 15 is 0 Å². The first-order valence-electron chi connectivity index (χ1n) is 7.63. The van der Waals surface area contributed by atoms with Crippen molar-refractivity contribution in [1.82, 2.24) is 8.61 Å². The SMILES string of the molecule is CN(C)S(=O)(=O)CCCS(=O)(=O)N1C[C@@H]2CCC[C@@]2(C(=O)O)C1. The van der Waals surface area contributed by atoms with Gasteiger partial charge < -0.3 is 5.11 Å². The Hall–Kier alpha value is -0.710. The normalized spacial score (nSPS) is 29.1. The van der Waals surface area contributed by atoms with Gasteiger partial charge in [0.25, 0.3) is 0 Å². The van der Waals surface area contributed by atoms with E-state index in [-0.39, 0.29) is 36.9 Å². The molecule has 2 atom stereocenters. The number of hydrogen-bond donors (Lipinski definition) is 1. The second-order valence-corrected chi connectivity index (χ2v) is 11.0. The maximum Gasteiger partial charge on any atom is 0.311 e. The van der Waals surface area contributed by atoms with Crippen molar-refractivity contribution in [3.05, 3.63) is 0 Å². The minimum Gasteiger partial charge on any atom is -0.481 e. The topological polar surface area (TPSA) is 112 Å². The fourth-order valence-electron chi connectivity index (χ4n) is 3.54. The van der Waals surface area contributed by atoms with Crippen LogP contribution in [0.3, 0.4) is 0 Å². The second-order valence-electron chi connectivity index (χ2n) is 6.61. The molecule has 0 unspecified atom stereocenters. The number of fused-ring (bicyclic) bond motifs is 1. The highest BCUT2D eigenvalue weighted by atomic mass is 32.2. The van der Waals surface area contributed by atoms with Gasteiger partial charge in [0.15, 0.2) is 0 Å². The van der Waals surface area contributed by atoms with E-state index in [1.165, 1.54) is 18.4 Å². The quantitative estimate of drug-likeness (QED) is 0.665. The zero-order chi connectivity index (χ0) is 17.5. The van der Waals surface area contributed by atoms with Crippen LogP contribution in [0.15, 0.2) is 0 Å². The lowest BCUT2D eigenvalue weighted by Gasteiger charge is -2.23. The third-order valence-corrected chi connectivity index (χ3v) is 8.81. The van der Waals surface area contributed by atoms with Gasteiger partial charge in [0, 0.05) is 27.2 Å². The molecule has 23 heavy (non-hydrogen) atoms. The smallest absolute Gasteiger partial charge is 0.311 e. The molecule has 2 fully saturated rings. The van der Waals surface area contributed by atoms with Gasteiger partial charge >= 0.3 is 5.97 Å². The molecule has 2 rings (SSSR count). The number of aliphatic carboxylic acids is 1. The molecular formula is C13H24N2O6S2. The molecule has 1 aliphatic carbocycles. The van der Waals surface area contributed by atoms with Crippen molar-refractivity contribution >= 4 is 26.0 Å². The minimum absolute atomic E-state index is 0.00405. The lowest BCUT2D eigenvalue weighted by Crippen LogP contribution is -2.38. The van der Waals surface area contributed by atoms with E-state index in [1.807, 2.05) is 0 Å². The third kappa shape index (κ3) is 3.54. The van der Waals surface area contributed by atoms with Crippen LogP contribution in [0, 0.1) is 11.3 Å². The highest BCUT2D eigenvalue weighted by Crippen LogP contribution is 2.49. The first-order chi connectivity index (χ1) is 10.5. The summed E-state index contributed by atoms with van der Waals surface area (Å²) in [5.41, 5.74) is -0.956. The van der Waals surface area contributed by atoms with Crippen molar-refractivity contribution in [2.24, 2.45) is 11.3 Å². The highest BCUT2D eigenvalue weighted by molar-refractivity contribution is 7.90. The van der Waals surface area contributed by atoms with E-state index in [1.54, 1.807) is 0 Å². The maximum absolute atomic E-state index is 12.4. The summed E-state index contributed by atoms with van der Waals surface area (Å²) in [6, 6.07) is 0. The van der Waals surface area contributed by atoms with E-state index in [2.05, 4.69) is 0 Å². The van der Waals surface area contributed by atoms with Crippen molar-refractivity contribution in [2.75, 3.05) is 38.7 Å². The Morgan fingerprint density at radius 2 is 1.91 bits per heavy atom. The van der Waals surface area contributed by atoms with Gasteiger partial charge in [-0.3, -0.25) is 4.79 Å². The van der Waals surface area contributed by atoms with Gasteiger partial charge in [-0.05, 0) is 25.2 Å². The Bertz CT molecular complexity index is 673. The molecule has 0 spiro atoms. The van der Waals surface area contributed by atoms with Gasteiger partial charge in [0.05, 0.1) is 16.9 Å². The lowest BCUT2D eigenvalue weighted by molar-refractivity contribution is -0.149. The van der Waals surface area contributed by atoms with Crippen LogP contribution in [0.2, 0.25) is 0 Å². The van der Waals surface area contributed by atoms with E-state index in [4.69, 9.17) is 0 Å². The first-order valence-corrected chi connectivity index (χ1v) is 10.8. The molecule has 1 saturated heterocycles. The van der Waals surface area contributed by atoms with Crippen molar-refractivity contribution in [3.8, 4) is 0 Å². The molecule has 1 saturated carbocycles. The summed E-state index contributed by atoms with van der Waals surface area (Å²) >= 11 is 0. The Kier molecular flexibility index (Phi) is 5.10. The van der Waals surface area contributed by atoms with Crippen LogP contribution in [-0.2, 0) is 24.8 Å². The average Bonchev–Trinajstić information content (AvgIpc) is 2.95. The number of sulfonamides is 2. The summed E-state index contributed by atoms with van der Waals surface area (Å²) in [6.45, 7) is 0.241. The first kappa shape index (κ1) is 18.6. The van der Waals surface area contributed by atoms with Crippen LogP contribution >= 0.6 is 0 Å². The van der Waals surface area contributed by atoms with Crippen molar-refractivity contribution < 1.29 is 26.7 Å². The van der Waals surface area contributed by atoms with Crippen molar-refractivity contribution in [2.45, 2.75) is 25.7 Å². The van der Waals surface area contributed by atoms with Crippen molar-refractivity contribution in [1.29, 1.82) is 0 Å². The van der Waals surface area contributed by atoms with Crippen LogP contribution < -0.4 is 0 Å². The number of nitrogens with zero attached hydrogens (tertiary/aromatic N) is 2. The fourth-order valence-corrected chi connectivity index (χ4v) is 6.20. The number of hydrogen-bond acceptors (Lipinski definition) is 5. The molecular weight excluding hydrogens is 344 g/mol. The van der Waals surface area contributed by atoms with E-state index in [9.17, 15) is 26.7 Å².